The number of hydrogen-bond acceptors (Lipinski definition) is 5. The molecule has 8 nitrogen and oxygen atoms in total. The molecule has 0 saturated heterocycles. The summed E-state index contributed by atoms with van der Waals surface area (Å²) in [5, 5.41) is 5.95. The van der Waals surface area contributed by atoms with Crippen molar-refractivity contribution in [3.05, 3.63) is 149 Å². The van der Waals surface area contributed by atoms with Crippen molar-refractivity contribution < 1.29 is 40.1 Å². The third kappa shape index (κ3) is 8.89. The summed E-state index contributed by atoms with van der Waals surface area (Å²) in [5.74, 6) is -1.53. The van der Waals surface area contributed by atoms with Crippen molar-refractivity contribution in [1.82, 2.24) is 5.32 Å². The summed E-state index contributed by atoms with van der Waals surface area (Å²) >= 11 is 5.95. The van der Waals surface area contributed by atoms with Crippen molar-refractivity contribution in [2.75, 3.05) is 17.6 Å². The molecule has 1 atom stereocenters. The fourth-order valence-corrected chi connectivity index (χ4v) is 6.34. The lowest BCUT2D eigenvalue weighted by atomic mass is 9.89. The van der Waals surface area contributed by atoms with E-state index in [1.54, 1.807) is 60.7 Å². The molecule has 6 aromatic rings. The first-order valence-corrected chi connectivity index (χ1v) is 17.9. The zero-order valence-corrected chi connectivity index (χ0v) is 28.7. The highest BCUT2D eigenvalue weighted by atomic mass is 35.5. The maximum Gasteiger partial charge on any atom is 0.417 e. The van der Waals surface area contributed by atoms with Gasteiger partial charge < -0.3 is 15.1 Å². The van der Waals surface area contributed by atoms with Gasteiger partial charge in [0.25, 0.3) is 16.0 Å². The number of carbonyl (C=O) groups is 2. The van der Waals surface area contributed by atoms with E-state index in [4.69, 9.17) is 20.6 Å². The van der Waals surface area contributed by atoms with Crippen LogP contribution in [0.25, 0.3) is 33.4 Å². The summed E-state index contributed by atoms with van der Waals surface area (Å²) in [5.41, 5.74) is 3.87. The minimum absolute atomic E-state index is 0.221. The average Bonchev–Trinajstić information content (AvgIpc) is 3.55. The minimum atomic E-state index is -4.58. The molecule has 0 bridgehead atoms. The second-order valence-electron chi connectivity index (χ2n) is 12.0. The number of rotatable bonds is 11. The van der Waals surface area contributed by atoms with Crippen LogP contribution < -0.4 is 10.6 Å². The van der Waals surface area contributed by atoms with Crippen molar-refractivity contribution in [2.45, 2.75) is 18.5 Å². The zero-order chi connectivity index (χ0) is 37.0. The molecular weight excluding hydrogens is 717 g/mol. The zero-order valence-electron chi connectivity index (χ0n) is 27.2. The van der Waals surface area contributed by atoms with Crippen LogP contribution in [0.3, 0.4) is 0 Å². The van der Waals surface area contributed by atoms with Gasteiger partial charge in [0.2, 0.25) is 5.91 Å². The Morgan fingerprint density at radius 3 is 2.10 bits per heavy atom. The van der Waals surface area contributed by atoms with E-state index >= 15 is 0 Å². The van der Waals surface area contributed by atoms with E-state index in [9.17, 15) is 31.2 Å². The van der Waals surface area contributed by atoms with Gasteiger partial charge in [0.15, 0.2) is 0 Å². The van der Waals surface area contributed by atoms with Crippen LogP contribution in [0.2, 0.25) is 5.02 Å². The summed E-state index contributed by atoms with van der Waals surface area (Å²) in [4.78, 5) is 26.4. The molecule has 52 heavy (non-hydrogen) atoms. The molecule has 6 rings (SSSR count). The Labute approximate surface area is 302 Å². The van der Waals surface area contributed by atoms with E-state index in [1.165, 1.54) is 12.1 Å². The summed E-state index contributed by atoms with van der Waals surface area (Å²) in [7, 11) is -4.23. The molecular formula is C39H30ClF3N2O6S. The normalized spacial score (nSPS) is 12.4. The molecule has 0 aliphatic heterocycles. The first-order valence-electron chi connectivity index (χ1n) is 15.9. The Bertz CT molecular complexity index is 2310. The van der Waals surface area contributed by atoms with Crippen molar-refractivity contribution in [2.24, 2.45) is 0 Å². The number of alkyl halides is 3. The quantitative estimate of drug-likeness (QED) is 0.114. The molecule has 0 spiro atoms. The number of benzene rings is 5. The molecule has 1 heterocycles. The summed E-state index contributed by atoms with van der Waals surface area (Å²) in [6, 6.07) is 33.6. The van der Waals surface area contributed by atoms with E-state index in [-0.39, 0.29) is 24.4 Å². The fourth-order valence-electron chi connectivity index (χ4n) is 5.69. The van der Waals surface area contributed by atoms with E-state index in [1.807, 2.05) is 42.5 Å². The molecule has 1 aromatic heterocycles. The van der Waals surface area contributed by atoms with Crippen LogP contribution in [0, 0.1) is 0 Å². The lowest BCUT2D eigenvalue weighted by Gasteiger charge is -2.19. The Hall–Kier alpha value is -5.43. The molecule has 0 saturated carbocycles. The van der Waals surface area contributed by atoms with Gasteiger partial charge in [-0.1, -0.05) is 72.3 Å². The van der Waals surface area contributed by atoms with Crippen molar-refractivity contribution in [3.8, 4) is 22.5 Å². The second-order valence-corrected chi connectivity index (χ2v) is 14.0. The van der Waals surface area contributed by atoms with Crippen LogP contribution in [-0.4, -0.2) is 37.1 Å². The standard InChI is InChI=1S/C39H30ClF3N2O6S/c40-34-22-29(15-18-33(34)39(41,42)43)25-9-11-26(12-10-25)32(21-24-5-7-28(8-6-24)37(46)44-19-20-52(48,49)50)38(47)45-31-16-13-27(14-17-31)36-23-30-3-1-2-4-35(30)51-36/h1-18,22-23,32H,19-21H2,(H,44,46)(H,45,47)(H,48,49,50). The van der Waals surface area contributed by atoms with Gasteiger partial charge in [-0.3, -0.25) is 14.1 Å². The predicted octanol–water partition coefficient (Wildman–Crippen LogP) is 9.02. The number of fused-ring (bicyclic) bond motifs is 1. The molecule has 13 heteroatoms. The second kappa shape index (κ2) is 15.0. The molecule has 3 N–H and O–H groups in total. The summed E-state index contributed by atoms with van der Waals surface area (Å²) < 4.78 is 76.5. The largest absolute Gasteiger partial charge is 0.456 e. The van der Waals surface area contributed by atoms with Gasteiger partial charge in [-0.05, 0) is 89.3 Å². The van der Waals surface area contributed by atoms with Crippen molar-refractivity contribution in [3.63, 3.8) is 0 Å². The van der Waals surface area contributed by atoms with Gasteiger partial charge in [0, 0.05) is 28.7 Å². The SMILES string of the molecule is O=C(NCCS(=O)(=O)O)c1ccc(CC(C(=O)Nc2ccc(-c3cc4ccccc4o3)cc2)c2ccc(-c3ccc(C(F)(F)F)c(Cl)c3)cc2)cc1. The van der Waals surface area contributed by atoms with Crippen LogP contribution in [0.5, 0.6) is 0 Å². The highest BCUT2D eigenvalue weighted by Gasteiger charge is 2.33. The Morgan fingerprint density at radius 2 is 1.46 bits per heavy atom. The third-order valence-electron chi connectivity index (χ3n) is 8.40. The molecule has 5 aromatic carbocycles. The Balaban J connectivity index is 1.23. The molecule has 0 aliphatic carbocycles. The molecule has 2 amide bonds. The first kappa shape index (κ1) is 36.4. The van der Waals surface area contributed by atoms with E-state index in [0.29, 0.717) is 33.7 Å². The number of furan rings is 1. The lowest BCUT2D eigenvalue weighted by molar-refractivity contribution is -0.137. The predicted molar refractivity (Wildman–Crippen MR) is 194 cm³/mol. The van der Waals surface area contributed by atoms with Gasteiger partial charge >= 0.3 is 6.18 Å². The Morgan fingerprint density at radius 1 is 0.808 bits per heavy atom. The first-order chi connectivity index (χ1) is 24.7. The van der Waals surface area contributed by atoms with E-state index in [0.717, 1.165) is 22.6 Å². The van der Waals surface area contributed by atoms with Crippen LogP contribution in [-0.2, 0) is 27.5 Å². The van der Waals surface area contributed by atoms with Crippen molar-refractivity contribution in [1.29, 1.82) is 0 Å². The van der Waals surface area contributed by atoms with Gasteiger partial charge in [-0.2, -0.15) is 21.6 Å². The van der Waals surface area contributed by atoms with Crippen LogP contribution in [0.1, 0.15) is 33.0 Å². The van der Waals surface area contributed by atoms with Crippen molar-refractivity contribution >= 4 is 50.2 Å². The van der Waals surface area contributed by atoms with E-state index < -0.39 is 44.5 Å². The van der Waals surface area contributed by atoms with Gasteiger partial charge in [0.05, 0.1) is 22.3 Å². The highest BCUT2D eigenvalue weighted by molar-refractivity contribution is 7.85. The number of nitrogens with one attached hydrogen (secondary N) is 2. The molecule has 266 valence electrons. The summed E-state index contributed by atoms with van der Waals surface area (Å²) in [6.45, 7) is -0.268. The van der Waals surface area contributed by atoms with Crippen LogP contribution >= 0.6 is 11.6 Å². The van der Waals surface area contributed by atoms with Gasteiger partial charge in [0.1, 0.15) is 11.3 Å². The monoisotopic (exact) mass is 746 g/mol. The third-order valence-corrected chi connectivity index (χ3v) is 9.43. The average molecular weight is 747 g/mol. The topological polar surface area (TPSA) is 126 Å². The maximum atomic E-state index is 13.9. The highest BCUT2D eigenvalue weighted by Crippen LogP contribution is 2.37. The number of anilines is 1. The molecule has 0 aliphatic rings. The maximum absolute atomic E-state index is 13.9. The number of halogens is 4. The van der Waals surface area contributed by atoms with E-state index in [2.05, 4.69) is 10.6 Å². The van der Waals surface area contributed by atoms with Gasteiger partial charge in [-0.25, -0.2) is 0 Å². The number of para-hydroxylation sites is 1. The molecule has 0 fully saturated rings. The number of hydrogen-bond donors (Lipinski definition) is 3. The Kier molecular flexibility index (Phi) is 10.5. The van der Waals surface area contributed by atoms with Crippen LogP contribution in [0.4, 0.5) is 18.9 Å². The van der Waals surface area contributed by atoms with Gasteiger partial charge in [-0.15, -0.1) is 0 Å². The van der Waals surface area contributed by atoms with Crippen LogP contribution in [0.15, 0.2) is 126 Å². The molecule has 1 unspecified atom stereocenters. The smallest absolute Gasteiger partial charge is 0.417 e. The minimum Gasteiger partial charge on any atom is -0.456 e. The summed E-state index contributed by atoms with van der Waals surface area (Å²) in [6.07, 6.45) is -4.36. The number of amides is 2. The lowest BCUT2D eigenvalue weighted by Crippen LogP contribution is -2.28. The fraction of sp³-hybridized carbons (Fsp3) is 0.128. The molecule has 0 radical (unpaired) electrons. The number of carbonyl (C=O) groups excluding carboxylic acids is 2.